The van der Waals surface area contributed by atoms with Gasteiger partial charge >= 0.3 is 0 Å². The van der Waals surface area contributed by atoms with Crippen LogP contribution in [0, 0.1) is 0 Å². The van der Waals surface area contributed by atoms with Crippen LogP contribution in [0.3, 0.4) is 0 Å². The van der Waals surface area contributed by atoms with Crippen LogP contribution in [0.5, 0.6) is 0 Å². The summed E-state index contributed by atoms with van der Waals surface area (Å²) in [4.78, 5) is 0. The van der Waals surface area contributed by atoms with E-state index >= 15 is 0 Å². The highest BCUT2D eigenvalue weighted by Gasteiger charge is 1.98. The molecule has 9 heavy (non-hydrogen) atoms. The van der Waals surface area contributed by atoms with Gasteiger partial charge in [0.15, 0.2) is 0 Å². The number of rotatable bonds is 5. The van der Waals surface area contributed by atoms with Crippen LogP contribution in [0.25, 0.3) is 0 Å². The average molecular weight is 167 g/mol. The van der Waals surface area contributed by atoms with Crippen molar-refractivity contribution in [2.45, 2.75) is 31.6 Å². The van der Waals surface area contributed by atoms with E-state index in [4.69, 9.17) is 11.6 Å². The summed E-state index contributed by atoms with van der Waals surface area (Å²) in [6.45, 7) is 2.14. The molecule has 0 nitrogen and oxygen atoms in total. The lowest BCUT2D eigenvalue weighted by Gasteiger charge is -2.03. The Morgan fingerprint density at radius 3 is 2.67 bits per heavy atom. The minimum Gasteiger partial charge on any atom is -0.165 e. The van der Waals surface area contributed by atoms with Gasteiger partial charge in [0.1, 0.15) is 0 Å². The van der Waals surface area contributed by atoms with Crippen molar-refractivity contribution in [2.24, 2.45) is 0 Å². The molecule has 1 atom stereocenters. The zero-order chi connectivity index (χ0) is 7.11. The van der Waals surface area contributed by atoms with Crippen LogP contribution >= 0.6 is 23.4 Å². The first-order valence-electron chi connectivity index (χ1n) is 3.44. The van der Waals surface area contributed by atoms with Crippen LogP contribution in [-0.4, -0.2) is 17.4 Å². The van der Waals surface area contributed by atoms with E-state index in [1.54, 1.807) is 0 Å². The van der Waals surface area contributed by atoms with E-state index in [0.717, 1.165) is 6.42 Å². The molecule has 56 valence electrons. The highest BCUT2D eigenvalue weighted by molar-refractivity contribution is 7.98. The van der Waals surface area contributed by atoms with E-state index in [1.807, 2.05) is 11.8 Å². The van der Waals surface area contributed by atoms with Crippen LogP contribution in [0.4, 0.5) is 0 Å². The van der Waals surface area contributed by atoms with Crippen molar-refractivity contribution in [1.82, 2.24) is 0 Å². The van der Waals surface area contributed by atoms with Gasteiger partial charge in [-0.3, -0.25) is 0 Å². The third-order valence-corrected chi connectivity index (χ3v) is 2.53. The van der Waals surface area contributed by atoms with E-state index in [2.05, 4.69) is 13.2 Å². The largest absolute Gasteiger partial charge is 0.165 e. The van der Waals surface area contributed by atoms with Crippen LogP contribution in [0.1, 0.15) is 26.2 Å². The van der Waals surface area contributed by atoms with Crippen molar-refractivity contribution in [3.63, 3.8) is 0 Å². The second kappa shape index (κ2) is 6.76. The molecular weight excluding hydrogens is 152 g/mol. The molecule has 0 N–H and O–H groups in total. The van der Waals surface area contributed by atoms with Crippen molar-refractivity contribution in [3.05, 3.63) is 0 Å². The second-order valence-corrected chi connectivity index (χ2v) is 3.74. The van der Waals surface area contributed by atoms with E-state index in [-0.39, 0.29) is 0 Å². The molecule has 0 bridgehead atoms. The quantitative estimate of drug-likeness (QED) is 0.447. The van der Waals surface area contributed by atoms with Gasteiger partial charge in [-0.05, 0) is 31.3 Å². The lowest BCUT2D eigenvalue weighted by Crippen LogP contribution is -1.95. The van der Waals surface area contributed by atoms with E-state index < -0.39 is 0 Å². The normalized spacial score (nSPS) is 13.7. The molecule has 0 amide bonds. The first-order chi connectivity index (χ1) is 4.31. The molecule has 0 aliphatic rings. The summed E-state index contributed by atoms with van der Waals surface area (Å²) in [5, 5.41) is 0.414. The van der Waals surface area contributed by atoms with E-state index in [1.165, 1.54) is 18.6 Å². The Kier molecular flexibility index (Phi) is 7.24. The zero-order valence-electron chi connectivity index (χ0n) is 6.19. The third kappa shape index (κ3) is 6.53. The van der Waals surface area contributed by atoms with E-state index in [0.29, 0.717) is 5.38 Å². The monoisotopic (exact) mass is 166 g/mol. The Balaban J connectivity index is 2.88. The molecular formula is C7H15ClS. The molecule has 0 aliphatic carbocycles. The molecule has 0 saturated heterocycles. The maximum absolute atomic E-state index is 5.89. The molecule has 0 aliphatic heterocycles. The van der Waals surface area contributed by atoms with Crippen molar-refractivity contribution in [1.29, 1.82) is 0 Å². The lowest BCUT2D eigenvalue weighted by atomic mass is 10.2. The third-order valence-electron chi connectivity index (χ3n) is 1.31. The summed E-state index contributed by atoms with van der Waals surface area (Å²) in [7, 11) is 0. The Bertz CT molecular complexity index is 56.9. The van der Waals surface area contributed by atoms with Crippen LogP contribution in [-0.2, 0) is 0 Å². The van der Waals surface area contributed by atoms with Gasteiger partial charge < -0.3 is 0 Å². The standard InChI is InChI=1S/C7H15ClS/c1-3-7(8)5-4-6-9-2/h7H,3-6H2,1-2H3. The van der Waals surface area contributed by atoms with Crippen LogP contribution in [0.2, 0.25) is 0 Å². The highest BCUT2D eigenvalue weighted by Crippen LogP contribution is 2.10. The van der Waals surface area contributed by atoms with Crippen molar-refractivity contribution < 1.29 is 0 Å². The fourth-order valence-corrected chi connectivity index (χ4v) is 1.26. The number of hydrogen-bond donors (Lipinski definition) is 0. The predicted octanol–water partition coefficient (Wildman–Crippen LogP) is 3.15. The lowest BCUT2D eigenvalue weighted by molar-refractivity contribution is 0.716. The van der Waals surface area contributed by atoms with Gasteiger partial charge in [-0.25, -0.2) is 0 Å². The smallest absolute Gasteiger partial charge is 0.0333 e. The molecule has 0 spiro atoms. The second-order valence-electron chi connectivity index (χ2n) is 2.14. The highest BCUT2D eigenvalue weighted by atomic mass is 35.5. The number of halogens is 1. The molecule has 0 rings (SSSR count). The van der Waals surface area contributed by atoms with Gasteiger partial charge in [0.25, 0.3) is 0 Å². The zero-order valence-corrected chi connectivity index (χ0v) is 7.76. The molecule has 0 aromatic carbocycles. The molecule has 0 fully saturated rings. The van der Waals surface area contributed by atoms with Crippen molar-refractivity contribution in [3.8, 4) is 0 Å². The fraction of sp³-hybridized carbons (Fsp3) is 1.00. The van der Waals surface area contributed by atoms with Crippen molar-refractivity contribution in [2.75, 3.05) is 12.0 Å². The van der Waals surface area contributed by atoms with Crippen molar-refractivity contribution >= 4 is 23.4 Å². The SMILES string of the molecule is CCC(Cl)CCCSC. The Morgan fingerprint density at radius 2 is 2.22 bits per heavy atom. The number of alkyl halides is 1. The summed E-state index contributed by atoms with van der Waals surface area (Å²) in [6.07, 6.45) is 5.69. The average Bonchev–Trinajstić information content (AvgIpc) is 1.89. The first-order valence-corrected chi connectivity index (χ1v) is 5.27. The van der Waals surface area contributed by atoms with Gasteiger partial charge in [0.05, 0.1) is 0 Å². The Labute approximate surface area is 67.4 Å². The molecule has 1 unspecified atom stereocenters. The number of thioether (sulfide) groups is 1. The van der Waals surface area contributed by atoms with Gasteiger partial charge in [0, 0.05) is 5.38 Å². The van der Waals surface area contributed by atoms with Gasteiger partial charge in [-0.15, -0.1) is 11.6 Å². The minimum atomic E-state index is 0.414. The maximum atomic E-state index is 5.89. The molecule has 0 aromatic rings. The summed E-state index contributed by atoms with van der Waals surface area (Å²) >= 11 is 7.79. The molecule has 2 heteroatoms. The van der Waals surface area contributed by atoms with Crippen LogP contribution in [0.15, 0.2) is 0 Å². The molecule has 0 radical (unpaired) electrons. The fourth-order valence-electron chi connectivity index (χ4n) is 0.653. The van der Waals surface area contributed by atoms with Gasteiger partial charge in [-0.2, -0.15) is 11.8 Å². The van der Waals surface area contributed by atoms with Gasteiger partial charge in [-0.1, -0.05) is 6.92 Å². The Hall–Kier alpha value is 0.640. The summed E-state index contributed by atoms with van der Waals surface area (Å²) in [6, 6.07) is 0. The molecule has 0 saturated carbocycles. The van der Waals surface area contributed by atoms with Gasteiger partial charge in [0.2, 0.25) is 0 Å². The molecule has 0 heterocycles. The summed E-state index contributed by atoms with van der Waals surface area (Å²) in [5.74, 6) is 1.25. The minimum absolute atomic E-state index is 0.414. The molecule has 0 aromatic heterocycles. The summed E-state index contributed by atoms with van der Waals surface area (Å²) < 4.78 is 0. The topological polar surface area (TPSA) is 0 Å². The Morgan fingerprint density at radius 1 is 1.56 bits per heavy atom. The summed E-state index contributed by atoms with van der Waals surface area (Å²) in [5.41, 5.74) is 0. The first kappa shape index (κ1) is 9.64. The van der Waals surface area contributed by atoms with Crippen LogP contribution < -0.4 is 0 Å². The maximum Gasteiger partial charge on any atom is 0.0333 e. The predicted molar refractivity (Wildman–Crippen MR) is 47.5 cm³/mol. The number of hydrogen-bond acceptors (Lipinski definition) is 1. The van der Waals surface area contributed by atoms with E-state index in [9.17, 15) is 0 Å².